The average Bonchev–Trinajstić information content (AvgIpc) is 3.02. The van der Waals surface area contributed by atoms with Crippen LogP contribution in [0, 0.1) is 12.3 Å². The van der Waals surface area contributed by atoms with Crippen LogP contribution in [0.3, 0.4) is 0 Å². The predicted octanol–water partition coefficient (Wildman–Crippen LogP) is 3.66. The van der Waals surface area contributed by atoms with Gasteiger partial charge in [0.2, 0.25) is 0 Å². The summed E-state index contributed by atoms with van der Waals surface area (Å²) in [6.45, 7) is 7.96. The minimum absolute atomic E-state index is 0.565. The smallest absolute Gasteiger partial charge is 0.000800 e. The quantitative estimate of drug-likeness (QED) is 0.815. The second kappa shape index (κ2) is 4.81. The van der Waals surface area contributed by atoms with Gasteiger partial charge in [0.15, 0.2) is 0 Å². The molecule has 2 rings (SSSR count). The van der Waals surface area contributed by atoms with Gasteiger partial charge in [0, 0.05) is 6.54 Å². The Morgan fingerprint density at radius 2 is 2.00 bits per heavy atom. The molecule has 0 aromatic heterocycles. The van der Waals surface area contributed by atoms with E-state index in [9.17, 15) is 0 Å². The standard InChI is InChI=1S/C16H25N/c1-12(2)14-6-5-13(3)15(9-14)10-16(7-8-16)11-17-4/h5-6,9,12,17H,7-8,10-11H2,1-4H3. The highest BCUT2D eigenvalue weighted by Crippen LogP contribution is 2.48. The molecule has 94 valence electrons. The number of rotatable bonds is 5. The zero-order valence-corrected chi connectivity index (χ0v) is 11.6. The summed E-state index contributed by atoms with van der Waals surface area (Å²) in [5.74, 6) is 0.633. The van der Waals surface area contributed by atoms with Crippen molar-refractivity contribution in [2.24, 2.45) is 5.41 Å². The SMILES string of the molecule is CNCC1(Cc2cc(C(C)C)ccc2C)CC1. The van der Waals surface area contributed by atoms with Gasteiger partial charge in [-0.25, -0.2) is 0 Å². The van der Waals surface area contributed by atoms with E-state index >= 15 is 0 Å². The van der Waals surface area contributed by atoms with Crippen LogP contribution in [0.25, 0.3) is 0 Å². The summed E-state index contributed by atoms with van der Waals surface area (Å²) >= 11 is 0. The highest BCUT2D eigenvalue weighted by atomic mass is 14.8. The minimum Gasteiger partial charge on any atom is -0.319 e. The Hall–Kier alpha value is -0.820. The van der Waals surface area contributed by atoms with Crippen molar-refractivity contribution in [2.75, 3.05) is 13.6 Å². The van der Waals surface area contributed by atoms with Gasteiger partial charge in [-0.2, -0.15) is 0 Å². The van der Waals surface area contributed by atoms with Crippen LogP contribution < -0.4 is 5.32 Å². The molecule has 0 heterocycles. The van der Waals surface area contributed by atoms with E-state index in [1.54, 1.807) is 5.56 Å². The maximum absolute atomic E-state index is 3.35. The number of benzene rings is 1. The van der Waals surface area contributed by atoms with Crippen molar-refractivity contribution >= 4 is 0 Å². The van der Waals surface area contributed by atoms with Gasteiger partial charge in [0.05, 0.1) is 0 Å². The van der Waals surface area contributed by atoms with E-state index in [4.69, 9.17) is 0 Å². The number of hydrogen-bond donors (Lipinski definition) is 1. The maximum atomic E-state index is 3.35. The second-order valence-corrected chi connectivity index (χ2v) is 6.05. The van der Waals surface area contributed by atoms with Gasteiger partial charge >= 0.3 is 0 Å². The Labute approximate surface area is 106 Å². The molecule has 1 aromatic carbocycles. The van der Waals surface area contributed by atoms with Gasteiger partial charge in [-0.3, -0.25) is 0 Å². The lowest BCUT2D eigenvalue weighted by Gasteiger charge is -2.18. The summed E-state index contributed by atoms with van der Waals surface area (Å²) < 4.78 is 0. The Morgan fingerprint density at radius 1 is 1.29 bits per heavy atom. The van der Waals surface area contributed by atoms with Gasteiger partial charge in [0.25, 0.3) is 0 Å². The molecule has 1 nitrogen and oxygen atoms in total. The third-order valence-electron chi connectivity index (χ3n) is 4.11. The molecule has 0 aliphatic heterocycles. The first kappa shape index (κ1) is 12.6. The van der Waals surface area contributed by atoms with E-state index in [0.29, 0.717) is 11.3 Å². The van der Waals surface area contributed by atoms with Crippen molar-refractivity contribution in [3.8, 4) is 0 Å². The molecule has 17 heavy (non-hydrogen) atoms. The maximum Gasteiger partial charge on any atom is 0.000800 e. The molecule has 1 heteroatoms. The van der Waals surface area contributed by atoms with E-state index in [2.05, 4.69) is 51.3 Å². The van der Waals surface area contributed by atoms with Crippen molar-refractivity contribution in [2.45, 2.75) is 46.0 Å². The van der Waals surface area contributed by atoms with Crippen molar-refractivity contribution in [3.05, 3.63) is 34.9 Å². The fraction of sp³-hybridized carbons (Fsp3) is 0.625. The molecule has 1 saturated carbocycles. The second-order valence-electron chi connectivity index (χ2n) is 6.05. The van der Waals surface area contributed by atoms with E-state index in [-0.39, 0.29) is 0 Å². The Balaban J connectivity index is 2.17. The van der Waals surface area contributed by atoms with Crippen molar-refractivity contribution < 1.29 is 0 Å². The zero-order valence-electron chi connectivity index (χ0n) is 11.6. The van der Waals surface area contributed by atoms with Gasteiger partial charge in [-0.15, -0.1) is 0 Å². The van der Waals surface area contributed by atoms with Crippen molar-refractivity contribution in [1.82, 2.24) is 5.32 Å². The summed E-state index contributed by atoms with van der Waals surface area (Å²) in [6, 6.07) is 7.00. The number of hydrogen-bond acceptors (Lipinski definition) is 1. The van der Waals surface area contributed by atoms with E-state index in [0.717, 1.165) is 0 Å². The van der Waals surface area contributed by atoms with Gasteiger partial charge < -0.3 is 5.32 Å². The molecule has 0 radical (unpaired) electrons. The van der Waals surface area contributed by atoms with E-state index in [1.165, 1.54) is 36.9 Å². The fourth-order valence-corrected chi connectivity index (χ4v) is 2.61. The normalized spacial score (nSPS) is 17.5. The van der Waals surface area contributed by atoms with Crippen LogP contribution in [0.2, 0.25) is 0 Å². The van der Waals surface area contributed by atoms with Crippen LogP contribution in [0.1, 0.15) is 49.3 Å². The zero-order chi connectivity index (χ0) is 12.5. The Kier molecular flexibility index (Phi) is 3.58. The van der Waals surface area contributed by atoms with Crippen molar-refractivity contribution in [3.63, 3.8) is 0 Å². The van der Waals surface area contributed by atoms with Crippen LogP contribution >= 0.6 is 0 Å². The summed E-state index contributed by atoms with van der Waals surface area (Å²) in [4.78, 5) is 0. The molecule has 0 amide bonds. The lowest BCUT2D eigenvalue weighted by atomic mass is 9.90. The predicted molar refractivity (Wildman–Crippen MR) is 74.6 cm³/mol. The first-order valence-electron chi connectivity index (χ1n) is 6.80. The monoisotopic (exact) mass is 231 g/mol. The van der Waals surface area contributed by atoms with Gasteiger partial charge in [0.1, 0.15) is 0 Å². The third-order valence-corrected chi connectivity index (χ3v) is 4.11. The summed E-state index contributed by atoms with van der Waals surface area (Å²) in [5, 5.41) is 3.35. The van der Waals surface area contributed by atoms with Crippen LogP contribution in [0.15, 0.2) is 18.2 Å². The van der Waals surface area contributed by atoms with Gasteiger partial charge in [-0.05, 0) is 61.3 Å². The first-order chi connectivity index (χ1) is 8.06. The molecule has 0 spiro atoms. The van der Waals surface area contributed by atoms with Crippen molar-refractivity contribution in [1.29, 1.82) is 0 Å². The molecule has 1 aliphatic rings. The highest BCUT2D eigenvalue weighted by molar-refractivity contribution is 5.34. The largest absolute Gasteiger partial charge is 0.319 e. The number of nitrogens with one attached hydrogen (secondary N) is 1. The Morgan fingerprint density at radius 3 is 2.53 bits per heavy atom. The first-order valence-corrected chi connectivity index (χ1v) is 6.80. The molecule has 1 fully saturated rings. The highest BCUT2D eigenvalue weighted by Gasteiger charge is 2.41. The summed E-state index contributed by atoms with van der Waals surface area (Å²) in [6.07, 6.45) is 4.03. The number of aryl methyl sites for hydroxylation is 1. The van der Waals surface area contributed by atoms with Crippen LogP contribution in [-0.2, 0) is 6.42 Å². The lowest BCUT2D eigenvalue weighted by molar-refractivity contribution is 0.477. The molecule has 0 saturated heterocycles. The van der Waals surface area contributed by atoms with Crippen LogP contribution in [0.5, 0.6) is 0 Å². The molecule has 1 aromatic rings. The topological polar surface area (TPSA) is 12.0 Å². The molecular formula is C16H25N. The third kappa shape index (κ3) is 2.90. The van der Waals surface area contributed by atoms with Crippen LogP contribution in [-0.4, -0.2) is 13.6 Å². The summed E-state index contributed by atoms with van der Waals surface area (Å²) in [5.41, 5.74) is 5.06. The van der Waals surface area contributed by atoms with Crippen LogP contribution in [0.4, 0.5) is 0 Å². The lowest BCUT2D eigenvalue weighted by Crippen LogP contribution is -2.22. The Bertz CT molecular complexity index is 389. The molecular weight excluding hydrogens is 206 g/mol. The van der Waals surface area contributed by atoms with E-state index < -0.39 is 0 Å². The minimum atomic E-state index is 0.565. The average molecular weight is 231 g/mol. The molecule has 1 aliphatic carbocycles. The fourth-order valence-electron chi connectivity index (χ4n) is 2.61. The molecule has 1 N–H and O–H groups in total. The molecule has 0 unspecified atom stereocenters. The molecule has 0 bridgehead atoms. The van der Waals surface area contributed by atoms with E-state index in [1.807, 2.05) is 0 Å². The molecule has 0 atom stereocenters. The van der Waals surface area contributed by atoms with Gasteiger partial charge in [-0.1, -0.05) is 32.0 Å². The summed E-state index contributed by atoms with van der Waals surface area (Å²) in [7, 11) is 2.07.